The highest BCUT2D eigenvalue weighted by molar-refractivity contribution is 5.83. The van der Waals surface area contributed by atoms with E-state index in [4.69, 9.17) is 10.5 Å². The van der Waals surface area contributed by atoms with Crippen LogP contribution in [0.25, 0.3) is 0 Å². The highest BCUT2D eigenvalue weighted by atomic mass is 16.5. The van der Waals surface area contributed by atoms with Crippen molar-refractivity contribution in [3.05, 3.63) is 24.3 Å². The molecule has 4 N–H and O–H groups in total. The number of allylic oxidation sites excluding steroid dienone is 4. The van der Waals surface area contributed by atoms with E-state index in [0.29, 0.717) is 38.6 Å². The van der Waals surface area contributed by atoms with E-state index in [1.54, 1.807) is 0 Å². The van der Waals surface area contributed by atoms with Crippen molar-refractivity contribution >= 4 is 17.8 Å². The van der Waals surface area contributed by atoms with Gasteiger partial charge in [0, 0.05) is 12.8 Å². The predicted octanol–water partition coefficient (Wildman–Crippen LogP) is 10.9. The average molecular weight is 677 g/mol. The van der Waals surface area contributed by atoms with Gasteiger partial charge in [-0.25, -0.2) is 4.79 Å². The molecule has 1 amide bonds. The first-order chi connectivity index (χ1) is 23.4. The molecule has 0 heterocycles. The van der Waals surface area contributed by atoms with Gasteiger partial charge in [0.1, 0.15) is 12.1 Å². The van der Waals surface area contributed by atoms with E-state index in [9.17, 15) is 19.5 Å². The molecule has 0 rings (SSSR count). The summed E-state index contributed by atoms with van der Waals surface area (Å²) in [5.74, 6) is -1.34. The molecule has 280 valence electrons. The fourth-order valence-corrected chi connectivity index (χ4v) is 6.00. The van der Waals surface area contributed by atoms with E-state index >= 15 is 0 Å². The third kappa shape index (κ3) is 32.4. The Morgan fingerprint density at radius 2 is 1.12 bits per heavy atom. The van der Waals surface area contributed by atoms with Crippen LogP contribution >= 0.6 is 0 Å². The SMILES string of the molecule is CCCCCCC/C=C\C/C=C\CCCCCCCCCCCCCC(=O)OC(CCC)CCCCCC(=O)NC(CCCN)C(=O)O. The minimum absolute atomic E-state index is 0.0533. The molecule has 0 radical (unpaired) electrons. The van der Waals surface area contributed by atoms with Crippen molar-refractivity contribution in [2.24, 2.45) is 5.73 Å². The third-order valence-corrected chi connectivity index (χ3v) is 9.00. The zero-order valence-electron chi connectivity index (χ0n) is 31.3. The number of carbonyl (C=O) groups excluding carboxylic acids is 2. The summed E-state index contributed by atoms with van der Waals surface area (Å²) in [7, 11) is 0. The molecule has 48 heavy (non-hydrogen) atoms. The van der Waals surface area contributed by atoms with Crippen LogP contribution in [0.3, 0.4) is 0 Å². The molecule has 0 saturated carbocycles. The fraction of sp³-hybridized carbons (Fsp3) is 0.829. The second kappa shape index (κ2) is 36.1. The zero-order chi connectivity index (χ0) is 35.3. The second-order valence-electron chi connectivity index (χ2n) is 13.7. The summed E-state index contributed by atoms with van der Waals surface area (Å²) < 4.78 is 5.78. The largest absolute Gasteiger partial charge is 0.480 e. The zero-order valence-corrected chi connectivity index (χ0v) is 31.3. The lowest BCUT2D eigenvalue weighted by Crippen LogP contribution is -2.40. The molecular formula is C41H76N2O5. The number of carboxylic acids is 1. The summed E-state index contributed by atoms with van der Waals surface area (Å²) in [5.41, 5.74) is 5.45. The summed E-state index contributed by atoms with van der Waals surface area (Å²) in [4.78, 5) is 35.8. The highest BCUT2D eigenvalue weighted by Crippen LogP contribution is 2.16. The molecule has 0 spiro atoms. The van der Waals surface area contributed by atoms with E-state index in [2.05, 4.69) is 43.5 Å². The Bertz CT molecular complexity index is 813. The van der Waals surface area contributed by atoms with Gasteiger partial charge in [-0.2, -0.15) is 0 Å². The molecule has 0 aromatic heterocycles. The van der Waals surface area contributed by atoms with E-state index in [1.165, 1.54) is 103 Å². The maximum atomic E-state index is 12.4. The number of nitrogens with one attached hydrogen (secondary N) is 1. The smallest absolute Gasteiger partial charge is 0.326 e. The summed E-state index contributed by atoms with van der Waals surface area (Å²) in [6, 6.07) is -0.871. The molecule has 0 fully saturated rings. The average Bonchev–Trinajstić information content (AvgIpc) is 3.06. The quantitative estimate of drug-likeness (QED) is 0.0345. The fourth-order valence-electron chi connectivity index (χ4n) is 6.00. The number of carboxylic acid groups (broad SMARTS) is 1. The molecular weight excluding hydrogens is 600 g/mol. The number of unbranched alkanes of at least 4 members (excludes halogenated alkanes) is 18. The molecule has 7 heteroatoms. The van der Waals surface area contributed by atoms with Crippen molar-refractivity contribution in [3.63, 3.8) is 0 Å². The molecule has 0 aliphatic heterocycles. The third-order valence-electron chi connectivity index (χ3n) is 9.00. The van der Waals surface area contributed by atoms with Crippen LogP contribution in [-0.2, 0) is 19.1 Å². The van der Waals surface area contributed by atoms with Crippen molar-refractivity contribution in [2.45, 2.75) is 212 Å². The number of hydrogen-bond acceptors (Lipinski definition) is 5. The first kappa shape index (κ1) is 45.9. The first-order valence-electron chi connectivity index (χ1n) is 20.2. The summed E-state index contributed by atoms with van der Waals surface area (Å²) in [6.45, 7) is 4.77. The lowest BCUT2D eigenvalue weighted by Gasteiger charge is -2.17. The lowest BCUT2D eigenvalue weighted by atomic mass is 10.0. The van der Waals surface area contributed by atoms with Gasteiger partial charge in [0.15, 0.2) is 0 Å². The Morgan fingerprint density at radius 3 is 1.67 bits per heavy atom. The summed E-state index contributed by atoms with van der Waals surface area (Å²) in [6.07, 6.45) is 40.2. The van der Waals surface area contributed by atoms with E-state index in [1.807, 2.05) is 0 Å². The van der Waals surface area contributed by atoms with Gasteiger partial charge in [-0.3, -0.25) is 9.59 Å². The van der Waals surface area contributed by atoms with Gasteiger partial charge in [-0.05, 0) is 83.6 Å². The number of aliphatic carboxylic acids is 1. The van der Waals surface area contributed by atoms with Crippen LogP contribution in [0, 0.1) is 0 Å². The van der Waals surface area contributed by atoms with Crippen LogP contribution in [0.5, 0.6) is 0 Å². The van der Waals surface area contributed by atoms with Gasteiger partial charge >= 0.3 is 11.9 Å². The Balaban J connectivity index is 3.67. The van der Waals surface area contributed by atoms with Gasteiger partial charge in [0.05, 0.1) is 0 Å². The van der Waals surface area contributed by atoms with Crippen molar-refractivity contribution in [1.29, 1.82) is 0 Å². The van der Waals surface area contributed by atoms with Crippen LogP contribution in [0.2, 0.25) is 0 Å². The molecule has 0 aliphatic carbocycles. The van der Waals surface area contributed by atoms with Gasteiger partial charge < -0.3 is 20.9 Å². The van der Waals surface area contributed by atoms with Crippen molar-refractivity contribution in [3.8, 4) is 0 Å². The Morgan fingerprint density at radius 1 is 0.604 bits per heavy atom. The monoisotopic (exact) mass is 677 g/mol. The number of rotatable bonds is 36. The van der Waals surface area contributed by atoms with Crippen molar-refractivity contribution < 1.29 is 24.2 Å². The Hall–Kier alpha value is -2.15. The maximum Gasteiger partial charge on any atom is 0.326 e. The van der Waals surface area contributed by atoms with Gasteiger partial charge in [0.25, 0.3) is 0 Å². The lowest BCUT2D eigenvalue weighted by molar-refractivity contribution is -0.150. The van der Waals surface area contributed by atoms with Crippen LogP contribution in [0.4, 0.5) is 0 Å². The number of amides is 1. The van der Waals surface area contributed by atoms with Crippen molar-refractivity contribution in [1.82, 2.24) is 5.32 Å². The number of esters is 1. The number of carbonyl (C=O) groups is 3. The first-order valence-corrected chi connectivity index (χ1v) is 20.2. The topological polar surface area (TPSA) is 119 Å². The van der Waals surface area contributed by atoms with E-state index < -0.39 is 12.0 Å². The maximum absolute atomic E-state index is 12.4. The summed E-state index contributed by atoms with van der Waals surface area (Å²) >= 11 is 0. The van der Waals surface area contributed by atoms with E-state index in [-0.39, 0.29) is 18.0 Å². The van der Waals surface area contributed by atoms with E-state index in [0.717, 1.165) is 51.4 Å². The molecule has 2 unspecified atom stereocenters. The molecule has 2 atom stereocenters. The molecule has 7 nitrogen and oxygen atoms in total. The Labute approximate surface area is 295 Å². The summed E-state index contributed by atoms with van der Waals surface area (Å²) in [5, 5.41) is 11.8. The number of nitrogens with two attached hydrogens (primary N) is 1. The molecule has 0 aromatic carbocycles. The predicted molar refractivity (Wildman–Crippen MR) is 202 cm³/mol. The normalized spacial score (nSPS) is 12.9. The van der Waals surface area contributed by atoms with Crippen LogP contribution < -0.4 is 11.1 Å². The highest BCUT2D eigenvalue weighted by Gasteiger charge is 2.19. The minimum atomic E-state index is -1.02. The van der Waals surface area contributed by atoms with Crippen LogP contribution in [0.1, 0.15) is 200 Å². The molecule has 0 aromatic rings. The molecule has 0 aliphatic rings. The van der Waals surface area contributed by atoms with Crippen LogP contribution in [0.15, 0.2) is 24.3 Å². The Kier molecular flexibility index (Phi) is 34.5. The number of hydrogen-bond donors (Lipinski definition) is 3. The van der Waals surface area contributed by atoms with Gasteiger partial charge in [-0.15, -0.1) is 0 Å². The standard InChI is InChI=1S/C41H76N2O5/c1-3-5-6-7-8-9-10-11-12-13-14-15-16-17-18-19-20-21-22-23-24-25-29-35-40(45)48-37(31-4-2)32-27-26-28-34-39(44)43-38(41(46)47)33-30-36-42/h10-11,13-14,37-38H,3-9,12,15-36,42H2,1-2H3,(H,43,44)(H,46,47)/b11-10-,14-13-. The molecule has 0 bridgehead atoms. The second-order valence-corrected chi connectivity index (χ2v) is 13.7. The number of ether oxygens (including phenoxy) is 1. The van der Waals surface area contributed by atoms with Crippen molar-refractivity contribution in [2.75, 3.05) is 6.54 Å². The molecule has 0 saturated heterocycles. The minimum Gasteiger partial charge on any atom is -0.480 e. The van der Waals surface area contributed by atoms with Crippen LogP contribution in [-0.4, -0.2) is 41.6 Å². The van der Waals surface area contributed by atoms with Gasteiger partial charge in [0.2, 0.25) is 5.91 Å². The van der Waals surface area contributed by atoms with Gasteiger partial charge in [-0.1, -0.05) is 134 Å².